The van der Waals surface area contributed by atoms with Gasteiger partial charge in [-0.3, -0.25) is 0 Å². The fourth-order valence-electron chi connectivity index (χ4n) is 23.1. The first-order chi connectivity index (χ1) is 55.1. The first-order valence-corrected chi connectivity index (χ1v) is 42.3. The fourth-order valence-corrected chi connectivity index (χ4v) is 24.7. The third kappa shape index (κ3) is 9.64. The molecular formula is C108H92N4S. The molecule has 12 aromatic rings. The minimum Gasteiger partial charge on any atom is -0.338 e. The van der Waals surface area contributed by atoms with E-state index in [0.29, 0.717) is 0 Å². The van der Waals surface area contributed by atoms with E-state index in [9.17, 15) is 0 Å². The van der Waals surface area contributed by atoms with E-state index in [2.05, 4.69) is 402 Å². The van der Waals surface area contributed by atoms with E-state index in [-0.39, 0.29) is 57.9 Å². The normalized spacial score (nSPS) is 22.7. The number of benzene rings is 11. The SMILES string of the molecule is Cc1ccc2c(c1)N1C3=CC4C(C=C3C3C=C(N(c5ccc(-c6ccccc6)cc5)C5C=C(C(C)(C)C)C=CC5)CC(C31)C21c2ccccc2-c2ccccc21)SC1=Cc2c(n3c5c(cc(N(c6cccc(C(C)(C)C)c6)C6C=CC(c7ccccc7)=CC6)cc25)C2(c5ccccc5-c5ccccc52)c2ccc(C)cc2-3)CC14. The molecule has 7 aliphatic carbocycles. The van der Waals surface area contributed by atoms with Crippen molar-refractivity contribution in [3.63, 3.8) is 0 Å². The molecule has 0 radical (unpaired) electrons. The number of hydrogen-bond donors (Lipinski definition) is 0. The highest BCUT2D eigenvalue weighted by Crippen LogP contribution is 2.70. The Kier molecular flexibility index (Phi) is 14.6. The number of hydrogen-bond acceptors (Lipinski definition) is 4. The molecule has 2 spiro atoms. The van der Waals surface area contributed by atoms with Gasteiger partial charge in [-0.25, -0.2) is 0 Å². The zero-order chi connectivity index (χ0) is 75.7. The van der Waals surface area contributed by atoms with Crippen LogP contribution in [-0.4, -0.2) is 27.9 Å². The van der Waals surface area contributed by atoms with Gasteiger partial charge in [0.1, 0.15) is 0 Å². The maximum Gasteiger partial charge on any atom is 0.0755 e. The van der Waals surface area contributed by atoms with Crippen LogP contribution in [0.2, 0.25) is 0 Å². The maximum atomic E-state index is 2.95. The molecule has 11 aliphatic rings. The lowest BCUT2D eigenvalue weighted by atomic mass is 9.55. The third-order valence-corrected chi connectivity index (χ3v) is 29.4. The molecule has 8 atom stereocenters. The number of rotatable bonds is 8. The van der Waals surface area contributed by atoms with E-state index in [4.69, 9.17) is 0 Å². The Morgan fingerprint density at radius 2 is 1.12 bits per heavy atom. The molecule has 4 nitrogen and oxygen atoms in total. The van der Waals surface area contributed by atoms with Gasteiger partial charge in [-0.1, -0.05) is 302 Å². The standard InChI is InChI=1S/C108H92N4S/c1-65-41-51-93-99(53-65)111-97-61-85-86-62-98-84(64-102(86)113-101(85)63-83(97)87-57-77(59-95(103(87)111)107(93)89-37-19-15-33-79(89)80-34-16-20-38-90(80)107)109(75-31-23-29-71(55-75)105(3,4)5)73-47-43-69(44-48-73)67-25-11-9-12-26-67)88-58-78(110(76-32-24-30-72(56-76)106(6,7)8)74-49-45-70(46-50-74)68-27-13-10-14-28-68)60-96-104(88)112(98)100-54-66(2)42-52-94(100)108(96)91-39-21-17-35-81(91)82-36-18-22-40-92(82)108/h9-31,33-47,49-59,62-64,73,76,85-86,88,96,102,104H,32,48,60-61H2,1-8H3. The van der Waals surface area contributed by atoms with Crippen LogP contribution in [0.3, 0.4) is 0 Å². The molecule has 2 saturated heterocycles. The van der Waals surface area contributed by atoms with Crippen LogP contribution in [-0.2, 0) is 22.7 Å². The van der Waals surface area contributed by atoms with E-state index in [1.165, 1.54) is 178 Å². The summed E-state index contributed by atoms with van der Waals surface area (Å²) >= 11 is 2.18. The second kappa shape index (κ2) is 24.6. The number of anilines is 4. The highest BCUT2D eigenvalue weighted by molar-refractivity contribution is 8.04. The van der Waals surface area contributed by atoms with Gasteiger partial charge in [0, 0.05) is 85.8 Å². The van der Waals surface area contributed by atoms with Gasteiger partial charge in [0.25, 0.3) is 0 Å². The summed E-state index contributed by atoms with van der Waals surface area (Å²) < 4.78 is 2.81. The Bertz CT molecular complexity index is 6250. The lowest BCUT2D eigenvalue weighted by Gasteiger charge is -2.55. The smallest absolute Gasteiger partial charge is 0.0755 e. The van der Waals surface area contributed by atoms with Crippen LogP contribution in [0, 0.1) is 42.9 Å². The van der Waals surface area contributed by atoms with Gasteiger partial charge in [0.15, 0.2) is 0 Å². The molecule has 2 fully saturated rings. The first-order valence-electron chi connectivity index (χ1n) is 41.4. The van der Waals surface area contributed by atoms with Crippen LogP contribution < -0.4 is 14.7 Å². The molecule has 11 aromatic carbocycles. The van der Waals surface area contributed by atoms with Crippen LogP contribution in [0.25, 0.3) is 61.6 Å². The minimum atomic E-state index is -0.611. The van der Waals surface area contributed by atoms with Gasteiger partial charge < -0.3 is 19.3 Å². The van der Waals surface area contributed by atoms with Crippen molar-refractivity contribution in [2.24, 2.45) is 29.1 Å². The van der Waals surface area contributed by atoms with E-state index < -0.39 is 10.8 Å². The monoisotopic (exact) mass is 1480 g/mol. The van der Waals surface area contributed by atoms with Gasteiger partial charge in [0.05, 0.1) is 34.1 Å². The van der Waals surface area contributed by atoms with E-state index in [1.54, 1.807) is 0 Å². The van der Waals surface area contributed by atoms with Crippen LogP contribution in [0.15, 0.2) is 337 Å². The van der Waals surface area contributed by atoms with Gasteiger partial charge >= 0.3 is 0 Å². The summed E-state index contributed by atoms with van der Waals surface area (Å²) in [5.74, 6) is 0.796. The summed E-state index contributed by atoms with van der Waals surface area (Å²) in [4.78, 5) is 9.99. The summed E-state index contributed by atoms with van der Waals surface area (Å²) in [5.41, 5.74) is 39.3. The molecular weight excluding hydrogens is 1390 g/mol. The molecule has 0 bridgehead atoms. The molecule has 23 rings (SSSR count). The van der Waals surface area contributed by atoms with E-state index in [0.717, 1.165) is 25.7 Å². The topological polar surface area (TPSA) is 14.7 Å². The second-order valence-corrected chi connectivity index (χ2v) is 37.4. The Hall–Kier alpha value is -11.4. The van der Waals surface area contributed by atoms with Crippen molar-refractivity contribution < 1.29 is 0 Å². The molecule has 4 aliphatic heterocycles. The highest BCUT2D eigenvalue weighted by Gasteiger charge is 2.64. The lowest BCUT2D eigenvalue weighted by molar-refractivity contribution is 0.261. The number of nitrogens with zero attached hydrogens (tertiary/aromatic N) is 4. The van der Waals surface area contributed by atoms with Crippen molar-refractivity contribution >= 4 is 57.1 Å². The predicted molar refractivity (Wildman–Crippen MR) is 473 cm³/mol. The fraction of sp³-hybridized carbons (Fsp3) is 0.222. The Morgan fingerprint density at radius 1 is 0.478 bits per heavy atom. The molecule has 0 amide bonds. The maximum absolute atomic E-state index is 2.95. The molecule has 1 aromatic heterocycles. The summed E-state index contributed by atoms with van der Waals surface area (Å²) in [6, 6.07) is 99.6. The average Bonchev–Trinajstić information content (AvgIpc) is 1.51. The number of aromatic nitrogens is 1. The zero-order valence-electron chi connectivity index (χ0n) is 65.7. The van der Waals surface area contributed by atoms with Gasteiger partial charge in [-0.2, -0.15) is 0 Å². The quantitative estimate of drug-likeness (QED) is 0.150. The van der Waals surface area contributed by atoms with Crippen LogP contribution >= 0.6 is 11.8 Å². The van der Waals surface area contributed by atoms with Crippen molar-refractivity contribution in [2.45, 2.75) is 121 Å². The summed E-state index contributed by atoms with van der Waals surface area (Å²) in [5, 5.41) is 1.58. The first kappa shape index (κ1) is 67.3. The zero-order valence-corrected chi connectivity index (χ0v) is 66.5. The number of fused-ring (bicyclic) bond motifs is 27. The van der Waals surface area contributed by atoms with Crippen molar-refractivity contribution in [2.75, 3.05) is 14.7 Å². The molecule has 8 unspecified atom stereocenters. The predicted octanol–water partition coefficient (Wildman–Crippen LogP) is 26.1. The average molecular weight is 1480 g/mol. The minimum absolute atomic E-state index is 0.0173. The number of aryl methyl sites for hydroxylation is 2. The van der Waals surface area contributed by atoms with Gasteiger partial charge in [0.2, 0.25) is 0 Å². The van der Waals surface area contributed by atoms with Gasteiger partial charge in [-0.15, -0.1) is 11.8 Å². The van der Waals surface area contributed by atoms with Gasteiger partial charge in [-0.05, 0) is 221 Å². The van der Waals surface area contributed by atoms with Crippen molar-refractivity contribution in [1.29, 1.82) is 0 Å². The molecule has 0 N–H and O–H groups in total. The Morgan fingerprint density at radius 3 is 1.79 bits per heavy atom. The van der Waals surface area contributed by atoms with Crippen LogP contribution in [0.4, 0.5) is 22.7 Å². The largest absolute Gasteiger partial charge is 0.338 e. The Balaban J connectivity index is 0.734. The molecule has 5 heteroatoms. The third-order valence-electron chi connectivity index (χ3n) is 28.0. The van der Waals surface area contributed by atoms with Crippen LogP contribution in [0.1, 0.15) is 133 Å². The highest BCUT2D eigenvalue weighted by atomic mass is 32.2. The molecule has 113 heavy (non-hydrogen) atoms. The summed E-state index contributed by atoms with van der Waals surface area (Å²) in [6.07, 6.45) is 29.7. The number of allylic oxidation sites excluding steroid dienone is 8. The molecule has 5 heterocycles. The van der Waals surface area contributed by atoms with Crippen molar-refractivity contribution in [3.05, 3.63) is 409 Å². The van der Waals surface area contributed by atoms with Crippen LogP contribution in [0.5, 0.6) is 0 Å². The van der Waals surface area contributed by atoms with Crippen molar-refractivity contribution in [1.82, 2.24) is 4.57 Å². The Labute approximate surface area is 670 Å². The van der Waals surface area contributed by atoms with Crippen molar-refractivity contribution in [3.8, 4) is 39.1 Å². The lowest BCUT2D eigenvalue weighted by Crippen LogP contribution is -2.56. The number of thioether (sulfide) groups is 1. The van der Waals surface area contributed by atoms with E-state index in [1.807, 2.05) is 0 Å². The summed E-state index contributed by atoms with van der Waals surface area (Å²) in [6.45, 7) is 18.9. The molecule has 0 saturated carbocycles. The van der Waals surface area contributed by atoms with E-state index >= 15 is 0 Å². The summed E-state index contributed by atoms with van der Waals surface area (Å²) in [7, 11) is 0. The second-order valence-electron chi connectivity index (χ2n) is 36.1. The molecule has 550 valence electrons.